The fourth-order valence-corrected chi connectivity index (χ4v) is 1.78. The number of rotatable bonds is 4. The quantitative estimate of drug-likeness (QED) is 0.770. The molecule has 2 aromatic rings. The molecule has 0 aromatic heterocycles. The molecule has 0 atom stereocenters. The number of halogens is 1. The second-order valence-corrected chi connectivity index (χ2v) is 4.47. The summed E-state index contributed by atoms with van der Waals surface area (Å²) in [5.41, 5.74) is 2.26. The Labute approximate surface area is 113 Å². The van der Waals surface area contributed by atoms with E-state index in [0.717, 1.165) is 11.3 Å². The second kappa shape index (κ2) is 6.27. The molecule has 92 valence electrons. The molecular formula is C16H15ClO. The lowest BCUT2D eigenvalue weighted by Gasteiger charge is -2.06. The van der Waals surface area contributed by atoms with Crippen molar-refractivity contribution in [2.24, 2.45) is 0 Å². The number of aryl methyl sites for hydroxylation is 1. The average Bonchev–Trinajstić information content (AvgIpc) is 2.40. The van der Waals surface area contributed by atoms with Crippen LogP contribution in [0.2, 0.25) is 5.02 Å². The molecule has 0 aliphatic rings. The minimum Gasteiger partial charge on any atom is -0.489 e. The van der Waals surface area contributed by atoms with Gasteiger partial charge in [0.2, 0.25) is 0 Å². The molecule has 1 nitrogen and oxygen atoms in total. The third-order valence-corrected chi connectivity index (χ3v) is 2.83. The Bertz CT molecular complexity index is 532. The van der Waals surface area contributed by atoms with Gasteiger partial charge in [-0.2, -0.15) is 0 Å². The van der Waals surface area contributed by atoms with Crippen molar-refractivity contribution in [3.8, 4) is 5.75 Å². The van der Waals surface area contributed by atoms with Gasteiger partial charge in [-0.1, -0.05) is 54.1 Å². The third kappa shape index (κ3) is 3.64. The van der Waals surface area contributed by atoms with E-state index >= 15 is 0 Å². The summed E-state index contributed by atoms with van der Waals surface area (Å²) in [6, 6.07) is 15.8. The van der Waals surface area contributed by atoms with Crippen LogP contribution in [-0.4, -0.2) is 6.61 Å². The van der Waals surface area contributed by atoms with Crippen molar-refractivity contribution in [1.82, 2.24) is 0 Å². The first-order valence-corrected chi connectivity index (χ1v) is 6.24. The van der Waals surface area contributed by atoms with Gasteiger partial charge in [0.1, 0.15) is 12.4 Å². The maximum Gasteiger partial charge on any atom is 0.124 e. The first-order chi connectivity index (χ1) is 8.75. The number of hydrogen-bond acceptors (Lipinski definition) is 1. The van der Waals surface area contributed by atoms with Gasteiger partial charge in [-0.15, -0.1) is 0 Å². The Morgan fingerprint density at radius 3 is 2.67 bits per heavy atom. The molecule has 2 heteroatoms. The van der Waals surface area contributed by atoms with Gasteiger partial charge in [0.25, 0.3) is 0 Å². The van der Waals surface area contributed by atoms with E-state index in [1.807, 2.05) is 55.5 Å². The Morgan fingerprint density at radius 1 is 1.11 bits per heavy atom. The van der Waals surface area contributed by atoms with Crippen molar-refractivity contribution in [3.05, 3.63) is 70.8 Å². The van der Waals surface area contributed by atoms with Gasteiger partial charge in [-0.25, -0.2) is 0 Å². The number of hydrogen-bond donors (Lipinski definition) is 0. The van der Waals surface area contributed by atoms with E-state index in [2.05, 4.69) is 12.1 Å². The van der Waals surface area contributed by atoms with Crippen LogP contribution in [0.3, 0.4) is 0 Å². The van der Waals surface area contributed by atoms with Crippen LogP contribution in [0.4, 0.5) is 0 Å². The van der Waals surface area contributed by atoms with Crippen LogP contribution in [-0.2, 0) is 0 Å². The van der Waals surface area contributed by atoms with Gasteiger partial charge >= 0.3 is 0 Å². The molecule has 0 spiro atoms. The minimum absolute atomic E-state index is 0.538. The highest BCUT2D eigenvalue weighted by Gasteiger charge is 1.98. The Balaban J connectivity index is 1.92. The molecule has 0 unspecified atom stereocenters. The van der Waals surface area contributed by atoms with Gasteiger partial charge < -0.3 is 4.74 Å². The molecule has 0 aliphatic carbocycles. The van der Waals surface area contributed by atoms with E-state index in [1.54, 1.807) is 0 Å². The van der Waals surface area contributed by atoms with Crippen molar-refractivity contribution in [1.29, 1.82) is 0 Å². The zero-order valence-corrected chi connectivity index (χ0v) is 11.0. The lowest BCUT2D eigenvalue weighted by atomic mass is 10.2. The molecule has 0 fully saturated rings. The van der Waals surface area contributed by atoms with Crippen molar-refractivity contribution < 1.29 is 4.74 Å². The topological polar surface area (TPSA) is 9.23 Å². The smallest absolute Gasteiger partial charge is 0.124 e. The summed E-state index contributed by atoms with van der Waals surface area (Å²) in [4.78, 5) is 0. The summed E-state index contributed by atoms with van der Waals surface area (Å²) in [5.74, 6) is 0.834. The Kier molecular flexibility index (Phi) is 4.43. The highest BCUT2D eigenvalue weighted by atomic mass is 35.5. The van der Waals surface area contributed by atoms with Crippen molar-refractivity contribution in [2.45, 2.75) is 6.92 Å². The minimum atomic E-state index is 0.538. The van der Waals surface area contributed by atoms with E-state index in [4.69, 9.17) is 16.3 Å². The lowest BCUT2D eigenvalue weighted by molar-refractivity contribution is 0.361. The van der Waals surface area contributed by atoms with Crippen LogP contribution in [0.25, 0.3) is 6.08 Å². The maximum atomic E-state index is 5.93. The summed E-state index contributed by atoms with van der Waals surface area (Å²) in [7, 11) is 0. The van der Waals surface area contributed by atoms with Gasteiger partial charge in [0, 0.05) is 5.02 Å². The third-order valence-electron chi connectivity index (χ3n) is 2.60. The van der Waals surface area contributed by atoms with Crippen LogP contribution < -0.4 is 4.74 Å². The molecule has 0 bridgehead atoms. The average molecular weight is 259 g/mol. The Morgan fingerprint density at radius 2 is 1.89 bits per heavy atom. The van der Waals surface area contributed by atoms with E-state index in [-0.39, 0.29) is 0 Å². The number of benzene rings is 2. The van der Waals surface area contributed by atoms with Crippen LogP contribution in [0.1, 0.15) is 11.1 Å². The highest BCUT2D eigenvalue weighted by Crippen LogP contribution is 2.22. The molecule has 2 aromatic carbocycles. The van der Waals surface area contributed by atoms with Gasteiger partial charge in [0.15, 0.2) is 0 Å². The first kappa shape index (κ1) is 12.7. The zero-order chi connectivity index (χ0) is 12.8. The van der Waals surface area contributed by atoms with Gasteiger partial charge in [0.05, 0.1) is 0 Å². The van der Waals surface area contributed by atoms with Crippen molar-refractivity contribution in [2.75, 3.05) is 6.61 Å². The fraction of sp³-hybridized carbons (Fsp3) is 0.125. The summed E-state index contributed by atoms with van der Waals surface area (Å²) < 4.78 is 5.67. The predicted molar refractivity (Wildman–Crippen MR) is 77.2 cm³/mol. The molecule has 0 amide bonds. The van der Waals surface area contributed by atoms with Gasteiger partial charge in [-0.3, -0.25) is 0 Å². The largest absolute Gasteiger partial charge is 0.489 e. The van der Waals surface area contributed by atoms with Crippen LogP contribution in [0, 0.1) is 6.92 Å². The highest BCUT2D eigenvalue weighted by molar-refractivity contribution is 6.30. The molecule has 0 N–H and O–H groups in total. The maximum absolute atomic E-state index is 5.93. The monoisotopic (exact) mass is 258 g/mol. The van der Waals surface area contributed by atoms with E-state index in [0.29, 0.717) is 11.6 Å². The molecule has 0 heterocycles. The molecule has 18 heavy (non-hydrogen) atoms. The van der Waals surface area contributed by atoms with Crippen LogP contribution in [0.5, 0.6) is 5.75 Å². The fourth-order valence-electron chi connectivity index (χ4n) is 1.62. The van der Waals surface area contributed by atoms with E-state index in [9.17, 15) is 0 Å². The zero-order valence-electron chi connectivity index (χ0n) is 10.3. The normalized spacial score (nSPS) is 10.8. The molecule has 2 rings (SSSR count). The van der Waals surface area contributed by atoms with Gasteiger partial charge in [-0.05, 0) is 36.3 Å². The second-order valence-electron chi connectivity index (χ2n) is 4.03. The summed E-state index contributed by atoms with van der Waals surface area (Å²) in [6.07, 6.45) is 4.04. The molecule has 0 aliphatic heterocycles. The lowest BCUT2D eigenvalue weighted by Crippen LogP contribution is -1.95. The van der Waals surface area contributed by atoms with E-state index in [1.165, 1.54) is 5.56 Å². The standard InChI is InChI=1S/C16H15ClO/c1-13-9-10-15(17)12-16(13)18-11-5-8-14-6-3-2-4-7-14/h2-10,12H,11H2,1H3. The molecular weight excluding hydrogens is 244 g/mol. The molecule has 0 saturated heterocycles. The predicted octanol–water partition coefficient (Wildman–Crippen LogP) is 4.74. The van der Waals surface area contributed by atoms with Crippen molar-refractivity contribution >= 4 is 17.7 Å². The number of ether oxygens (including phenoxy) is 1. The molecule has 0 saturated carbocycles. The first-order valence-electron chi connectivity index (χ1n) is 5.86. The van der Waals surface area contributed by atoms with Crippen molar-refractivity contribution in [3.63, 3.8) is 0 Å². The molecule has 0 radical (unpaired) electrons. The Hall–Kier alpha value is -1.73. The SMILES string of the molecule is Cc1ccc(Cl)cc1OCC=Cc1ccccc1. The van der Waals surface area contributed by atoms with Crippen LogP contribution in [0.15, 0.2) is 54.6 Å². The van der Waals surface area contributed by atoms with E-state index < -0.39 is 0 Å². The van der Waals surface area contributed by atoms with Crippen LogP contribution >= 0.6 is 11.6 Å². The summed E-state index contributed by atoms with van der Waals surface area (Å²) in [5, 5.41) is 0.697. The summed E-state index contributed by atoms with van der Waals surface area (Å²) in [6.45, 7) is 2.54. The summed E-state index contributed by atoms with van der Waals surface area (Å²) >= 11 is 5.93.